The zero-order valence-corrected chi connectivity index (χ0v) is 12.2. The van der Waals surface area contributed by atoms with Crippen molar-refractivity contribution in [3.8, 4) is 11.3 Å². The molecule has 0 spiro atoms. The average molecular weight is 277 g/mol. The van der Waals surface area contributed by atoms with E-state index in [0.29, 0.717) is 6.04 Å². The zero-order chi connectivity index (χ0) is 14.4. The first kappa shape index (κ1) is 12.5. The molecule has 2 aromatic carbocycles. The van der Waals surface area contributed by atoms with Crippen LogP contribution in [0.4, 0.5) is 5.69 Å². The number of anilines is 1. The van der Waals surface area contributed by atoms with Gasteiger partial charge in [-0.15, -0.1) is 0 Å². The smallest absolute Gasteiger partial charge is 0.115 e. The van der Waals surface area contributed by atoms with E-state index in [2.05, 4.69) is 49.4 Å². The van der Waals surface area contributed by atoms with Crippen LogP contribution < -0.4 is 5.73 Å². The lowest BCUT2D eigenvalue weighted by Gasteiger charge is -2.09. The number of nitrogens with two attached hydrogens (primary N) is 1. The molecule has 0 bridgehead atoms. The molecule has 1 heterocycles. The van der Waals surface area contributed by atoms with E-state index in [0.717, 1.165) is 22.9 Å². The van der Waals surface area contributed by atoms with E-state index in [9.17, 15) is 0 Å². The summed E-state index contributed by atoms with van der Waals surface area (Å²) >= 11 is 0. The first-order chi connectivity index (χ1) is 10.2. The minimum absolute atomic E-state index is 0.446. The van der Waals surface area contributed by atoms with Crippen LogP contribution >= 0.6 is 0 Å². The van der Waals surface area contributed by atoms with Gasteiger partial charge < -0.3 is 5.73 Å². The standard InChI is InChI=1S/C18H19N3/c1-12(13-6-7-13)21-11-17(19)18(20-21)16-9-8-14-4-2-3-5-15(14)10-16/h2-5,8-13H,6-7,19H2,1H3. The molecule has 2 N–H and O–H groups in total. The molecular weight excluding hydrogens is 258 g/mol. The second-order valence-electron chi connectivity index (χ2n) is 6.05. The molecular formula is C18H19N3. The van der Waals surface area contributed by atoms with Gasteiger partial charge in [-0.1, -0.05) is 36.4 Å². The Hall–Kier alpha value is -2.29. The summed E-state index contributed by atoms with van der Waals surface area (Å²) in [5.74, 6) is 0.772. The van der Waals surface area contributed by atoms with Crippen LogP contribution in [0.5, 0.6) is 0 Å². The van der Waals surface area contributed by atoms with E-state index in [1.807, 2.05) is 10.9 Å². The van der Waals surface area contributed by atoms with E-state index >= 15 is 0 Å². The fourth-order valence-electron chi connectivity index (χ4n) is 2.97. The van der Waals surface area contributed by atoms with Crippen molar-refractivity contribution in [1.29, 1.82) is 0 Å². The fourth-order valence-corrected chi connectivity index (χ4v) is 2.97. The summed E-state index contributed by atoms with van der Waals surface area (Å²) in [7, 11) is 0. The number of nitrogen functional groups attached to an aromatic ring is 1. The molecule has 106 valence electrons. The summed E-state index contributed by atoms with van der Waals surface area (Å²) in [6.07, 6.45) is 4.60. The van der Waals surface area contributed by atoms with Gasteiger partial charge in [0, 0.05) is 11.8 Å². The van der Waals surface area contributed by atoms with Crippen LogP contribution in [0.3, 0.4) is 0 Å². The van der Waals surface area contributed by atoms with Gasteiger partial charge in [-0.05, 0) is 42.5 Å². The Morgan fingerprint density at radius 1 is 1.14 bits per heavy atom. The van der Waals surface area contributed by atoms with Crippen molar-refractivity contribution in [2.45, 2.75) is 25.8 Å². The largest absolute Gasteiger partial charge is 0.396 e. The maximum absolute atomic E-state index is 6.19. The molecule has 1 unspecified atom stereocenters. The quantitative estimate of drug-likeness (QED) is 0.777. The van der Waals surface area contributed by atoms with Crippen LogP contribution in [0.1, 0.15) is 25.8 Å². The summed E-state index contributed by atoms with van der Waals surface area (Å²) in [6, 6.07) is 15.2. The highest BCUT2D eigenvalue weighted by molar-refractivity contribution is 5.88. The van der Waals surface area contributed by atoms with Crippen LogP contribution in [0.2, 0.25) is 0 Å². The second-order valence-corrected chi connectivity index (χ2v) is 6.05. The van der Waals surface area contributed by atoms with E-state index in [1.54, 1.807) is 0 Å². The van der Waals surface area contributed by atoms with Crippen LogP contribution in [-0.2, 0) is 0 Å². The number of fused-ring (bicyclic) bond motifs is 1. The normalized spacial score (nSPS) is 16.2. The van der Waals surface area contributed by atoms with E-state index in [4.69, 9.17) is 10.8 Å². The molecule has 1 saturated carbocycles. The monoisotopic (exact) mass is 277 g/mol. The van der Waals surface area contributed by atoms with Crippen LogP contribution in [0.15, 0.2) is 48.7 Å². The van der Waals surface area contributed by atoms with Crippen molar-refractivity contribution < 1.29 is 0 Å². The summed E-state index contributed by atoms with van der Waals surface area (Å²) in [5.41, 5.74) is 8.94. The molecule has 1 aliphatic rings. The summed E-state index contributed by atoms with van der Waals surface area (Å²) in [4.78, 5) is 0. The maximum Gasteiger partial charge on any atom is 0.115 e. The lowest BCUT2D eigenvalue weighted by atomic mass is 10.0. The van der Waals surface area contributed by atoms with Gasteiger partial charge in [0.25, 0.3) is 0 Å². The Labute approximate surface area is 124 Å². The highest BCUT2D eigenvalue weighted by Gasteiger charge is 2.30. The van der Waals surface area contributed by atoms with Crippen LogP contribution in [0, 0.1) is 5.92 Å². The summed E-state index contributed by atoms with van der Waals surface area (Å²) < 4.78 is 2.04. The van der Waals surface area contributed by atoms with Gasteiger partial charge in [0.2, 0.25) is 0 Å². The van der Waals surface area contributed by atoms with Crippen LogP contribution in [0.25, 0.3) is 22.0 Å². The van der Waals surface area contributed by atoms with E-state index in [-0.39, 0.29) is 0 Å². The SMILES string of the molecule is CC(C1CC1)n1cc(N)c(-c2ccc3ccccc3c2)n1. The van der Waals surface area contributed by atoms with Crippen molar-refractivity contribution in [3.63, 3.8) is 0 Å². The molecule has 0 radical (unpaired) electrons. The van der Waals surface area contributed by atoms with Crippen molar-refractivity contribution in [2.24, 2.45) is 5.92 Å². The van der Waals surface area contributed by atoms with E-state index < -0.39 is 0 Å². The highest BCUT2D eigenvalue weighted by atomic mass is 15.3. The highest BCUT2D eigenvalue weighted by Crippen LogP contribution is 2.40. The molecule has 1 atom stereocenters. The maximum atomic E-state index is 6.19. The van der Waals surface area contributed by atoms with Crippen molar-refractivity contribution >= 4 is 16.5 Å². The van der Waals surface area contributed by atoms with Crippen molar-refractivity contribution in [1.82, 2.24) is 9.78 Å². The summed E-state index contributed by atoms with van der Waals surface area (Å²) in [6.45, 7) is 2.23. The average Bonchev–Trinajstić information content (AvgIpc) is 3.28. The predicted molar refractivity (Wildman–Crippen MR) is 87.0 cm³/mol. The first-order valence-corrected chi connectivity index (χ1v) is 7.56. The number of nitrogens with zero attached hydrogens (tertiary/aromatic N) is 2. The Morgan fingerprint density at radius 3 is 2.67 bits per heavy atom. The molecule has 0 aliphatic heterocycles. The van der Waals surface area contributed by atoms with Gasteiger partial charge in [0.1, 0.15) is 5.69 Å². The third kappa shape index (κ3) is 2.19. The molecule has 1 aliphatic carbocycles. The van der Waals surface area contributed by atoms with Gasteiger partial charge in [-0.2, -0.15) is 5.10 Å². The Morgan fingerprint density at radius 2 is 1.90 bits per heavy atom. The second kappa shape index (κ2) is 4.62. The number of hydrogen-bond donors (Lipinski definition) is 1. The molecule has 0 amide bonds. The lowest BCUT2D eigenvalue weighted by Crippen LogP contribution is -2.07. The Kier molecular flexibility index (Phi) is 2.74. The molecule has 0 saturated heterocycles. The minimum atomic E-state index is 0.446. The molecule has 1 aromatic heterocycles. The number of hydrogen-bond acceptors (Lipinski definition) is 2. The van der Waals surface area contributed by atoms with Gasteiger partial charge in [0.05, 0.1) is 11.7 Å². The predicted octanol–water partition coefficient (Wildman–Crippen LogP) is 4.26. The van der Waals surface area contributed by atoms with Crippen LogP contribution in [-0.4, -0.2) is 9.78 Å². The third-order valence-electron chi connectivity index (χ3n) is 4.50. The molecule has 3 nitrogen and oxygen atoms in total. The minimum Gasteiger partial charge on any atom is -0.396 e. The zero-order valence-electron chi connectivity index (χ0n) is 12.2. The van der Waals surface area contributed by atoms with Gasteiger partial charge in [-0.3, -0.25) is 4.68 Å². The Bertz CT molecular complexity index is 799. The molecule has 21 heavy (non-hydrogen) atoms. The van der Waals surface area contributed by atoms with Gasteiger partial charge in [-0.25, -0.2) is 0 Å². The number of rotatable bonds is 3. The molecule has 3 aromatic rings. The number of aromatic nitrogens is 2. The van der Waals surface area contributed by atoms with Gasteiger partial charge in [0.15, 0.2) is 0 Å². The molecule has 1 fully saturated rings. The lowest BCUT2D eigenvalue weighted by molar-refractivity contribution is 0.441. The molecule has 3 heteroatoms. The number of benzene rings is 2. The first-order valence-electron chi connectivity index (χ1n) is 7.56. The van der Waals surface area contributed by atoms with Gasteiger partial charge >= 0.3 is 0 Å². The topological polar surface area (TPSA) is 43.8 Å². The van der Waals surface area contributed by atoms with E-state index in [1.165, 1.54) is 23.6 Å². The fraction of sp³-hybridized carbons (Fsp3) is 0.278. The van der Waals surface area contributed by atoms with Crippen molar-refractivity contribution in [2.75, 3.05) is 5.73 Å². The third-order valence-corrected chi connectivity index (χ3v) is 4.50. The van der Waals surface area contributed by atoms with Crippen molar-refractivity contribution in [3.05, 3.63) is 48.7 Å². The molecule has 4 rings (SSSR count). The summed E-state index contributed by atoms with van der Waals surface area (Å²) in [5, 5.41) is 7.20. The Balaban J connectivity index is 1.77.